The fourth-order valence-electron chi connectivity index (χ4n) is 2.03. The quantitative estimate of drug-likeness (QED) is 0.675. The molecule has 0 atom stereocenters. The van der Waals surface area contributed by atoms with E-state index in [-0.39, 0.29) is 0 Å². The summed E-state index contributed by atoms with van der Waals surface area (Å²) in [5.41, 5.74) is 4.34. The van der Waals surface area contributed by atoms with Gasteiger partial charge in [-0.15, -0.1) is 11.3 Å². The zero-order valence-corrected chi connectivity index (χ0v) is 10.2. The zero-order chi connectivity index (χ0) is 11.8. The van der Waals surface area contributed by atoms with Crippen LogP contribution in [0.5, 0.6) is 0 Å². The summed E-state index contributed by atoms with van der Waals surface area (Å²) in [5, 5.41) is 3.12. The predicted octanol–water partition coefficient (Wildman–Crippen LogP) is 4.02. The third kappa shape index (κ3) is 1.68. The van der Waals surface area contributed by atoms with Gasteiger partial charge >= 0.3 is 0 Å². The van der Waals surface area contributed by atoms with Crippen molar-refractivity contribution in [2.45, 2.75) is 6.92 Å². The van der Waals surface area contributed by atoms with E-state index in [1.54, 1.807) is 0 Å². The first-order chi connectivity index (χ1) is 8.28. The summed E-state index contributed by atoms with van der Waals surface area (Å²) in [4.78, 5) is 15.0. The number of benzene rings is 1. The monoisotopic (exact) mass is 241 g/mol. The van der Waals surface area contributed by atoms with E-state index in [0.29, 0.717) is 0 Å². The summed E-state index contributed by atoms with van der Waals surface area (Å²) in [6, 6.07) is 10.4. The highest BCUT2D eigenvalue weighted by atomic mass is 32.1. The van der Waals surface area contributed by atoms with E-state index in [9.17, 15) is 4.79 Å². The minimum Gasteiger partial charge on any atom is -0.354 e. The highest BCUT2D eigenvalue weighted by Crippen LogP contribution is 2.29. The number of aldehydes is 1. The number of aromatic nitrogens is 1. The second-order valence-corrected chi connectivity index (χ2v) is 5.04. The van der Waals surface area contributed by atoms with Gasteiger partial charge in [0.05, 0.1) is 4.88 Å². The van der Waals surface area contributed by atoms with E-state index in [2.05, 4.69) is 36.2 Å². The van der Waals surface area contributed by atoms with Crippen molar-refractivity contribution in [2.24, 2.45) is 0 Å². The van der Waals surface area contributed by atoms with E-state index in [1.165, 1.54) is 22.3 Å². The molecule has 17 heavy (non-hydrogen) atoms. The molecule has 3 heteroatoms. The Morgan fingerprint density at radius 1 is 1.24 bits per heavy atom. The number of rotatable bonds is 2. The molecule has 1 N–H and O–H groups in total. The van der Waals surface area contributed by atoms with Crippen molar-refractivity contribution in [3.63, 3.8) is 0 Å². The number of nitrogens with one attached hydrogen (secondary N) is 1. The molecule has 0 radical (unpaired) electrons. The standard InChI is InChI=1S/C14H11NOS/c1-9-2-3-12-10(6-9)7-13(15-12)11-4-5-17-14(11)8-16/h2-8,15H,1H3. The first-order valence-electron chi connectivity index (χ1n) is 5.40. The van der Waals surface area contributed by atoms with Gasteiger partial charge < -0.3 is 4.98 Å². The van der Waals surface area contributed by atoms with E-state index < -0.39 is 0 Å². The third-order valence-electron chi connectivity index (χ3n) is 2.87. The molecule has 3 aromatic rings. The summed E-state index contributed by atoms with van der Waals surface area (Å²) in [7, 11) is 0. The molecule has 1 aromatic carbocycles. The molecule has 2 nitrogen and oxygen atoms in total. The van der Waals surface area contributed by atoms with Gasteiger partial charge in [-0.3, -0.25) is 4.79 Å². The molecule has 0 aliphatic heterocycles. The molecular formula is C14H11NOS. The van der Waals surface area contributed by atoms with Crippen molar-refractivity contribution in [3.8, 4) is 11.3 Å². The highest BCUT2D eigenvalue weighted by molar-refractivity contribution is 7.12. The molecule has 0 amide bonds. The van der Waals surface area contributed by atoms with Crippen LogP contribution in [0, 0.1) is 6.92 Å². The van der Waals surface area contributed by atoms with Crippen molar-refractivity contribution in [3.05, 3.63) is 46.2 Å². The van der Waals surface area contributed by atoms with Gasteiger partial charge in [0.2, 0.25) is 0 Å². The third-order valence-corrected chi connectivity index (χ3v) is 3.71. The number of carbonyl (C=O) groups is 1. The van der Waals surface area contributed by atoms with Crippen LogP contribution in [-0.2, 0) is 0 Å². The number of aryl methyl sites for hydroxylation is 1. The molecule has 0 spiro atoms. The maximum absolute atomic E-state index is 10.9. The van der Waals surface area contributed by atoms with Crippen LogP contribution in [0.15, 0.2) is 35.7 Å². The van der Waals surface area contributed by atoms with Gasteiger partial charge in [0.25, 0.3) is 0 Å². The van der Waals surface area contributed by atoms with E-state index in [0.717, 1.165) is 27.9 Å². The molecule has 84 valence electrons. The van der Waals surface area contributed by atoms with Crippen LogP contribution in [-0.4, -0.2) is 11.3 Å². The number of H-pyrrole nitrogens is 1. The van der Waals surface area contributed by atoms with Crippen LogP contribution in [0.2, 0.25) is 0 Å². The van der Waals surface area contributed by atoms with Crippen molar-refractivity contribution in [2.75, 3.05) is 0 Å². The maximum Gasteiger partial charge on any atom is 0.160 e. The molecule has 0 saturated heterocycles. The molecule has 0 aliphatic carbocycles. The zero-order valence-electron chi connectivity index (χ0n) is 9.36. The fourth-order valence-corrected chi connectivity index (χ4v) is 2.74. The average Bonchev–Trinajstić information content (AvgIpc) is 2.93. The van der Waals surface area contributed by atoms with Crippen molar-refractivity contribution in [1.82, 2.24) is 4.98 Å². The van der Waals surface area contributed by atoms with Gasteiger partial charge in [0.15, 0.2) is 6.29 Å². The molecule has 0 saturated carbocycles. The Morgan fingerprint density at radius 3 is 2.94 bits per heavy atom. The van der Waals surface area contributed by atoms with E-state index in [4.69, 9.17) is 0 Å². The van der Waals surface area contributed by atoms with Gasteiger partial charge in [-0.05, 0) is 36.6 Å². The molecule has 2 aromatic heterocycles. The minimum atomic E-state index is 0.772. The van der Waals surface area contributed by atoms with Crippen molar-refractivity contribution < 1.29 is 4.79 Å². The summed E-state index contributed by atoms with van der Waals surface area (Å²) >= 11 is 1.47. The first kappa shape index (κ1) is 10.3. The molecule has 0 unspecified atom stereocenters. The lowest BCUT2D eigenvalue weighted by Gasteiger charge is -1.93. The maximum atomic E-state index is 10.9. The van der Waals surface area contributed by atoms with Gasteiger partial charge in [-0.1, -0.05) is 11.6 Å². The van der Waals surface area contributed by atoms with Crippen LogP contribution in [0.1, 0.15) is 15.2 Å². The van der Waals surface area contributed by atoms with Gasteiger partial charge in [0.1, 0.15) is 0 Å². The molecule has 0 fully saturated rings. The number of carbonyl (C=O) groups excluding carboxylic acids is 1. The van der Waals surface area contributed by atoms with Crippen LogP contribution < -0.4 is 0 Å². The fraction of sp³-hybridized carbons (Fsp3) is 0.0714. The van der Waals surface area contributed by atoms with Crippen molar-refractivity contribution >= 4 is 28.5 Å². The minimum absolute atomic E-state index is 0.772. The Morgan fingerprint density at radius 2 is 2.12 bits per heavy atom. The first-order valence-corrected chi connectivity index (χ1v) is 6.28. The Labute approximate surface area is 103 Å². The lowest BCUT2D eigenvalue weighted by Crippen LogP contribution is -1.79. The van der Waals surface area contributed by atoms with Crippen molar-refractivity contribution in [1.29, 1.82) is 0 Å². The van der Waals surface area contributed by atoms with Crippen LogP contribution in [0.4, 0.5) is 0 Å². The number of hydrogen-bond acceptors (Lipinski definition) is 2. The SMILES string of the molecule is Cc1ccc2[nH]c(-c3ccsc3C=O)cc2c1. The predicted molar refractivity (Wildman–Crippen MR) is 71.7 cm³/mol. The number of fused-ring (bicyclic) bond motifs is 1. The average molecular weight is 241 g/mol. The smallest absolute Gasteiger partial charge is 0.160 e. The van der Waals surface area contributed by atoms with Crippen LogP contribution in [0.25, 0.3) is 22.2 Å². The second kappa shape index (κ2) is 3.86. The number of aromatic amines is 1. The lowest BCUT2D eigenvalue weighted by molar-refractivity contribution is 0.112. The topological polar surface area (TPSA) is 32.9 Å². The van der Waals surface area contributed by atoms with Gasteiger partial charge in [0, 0.05) is 22.2 Å². The van der Waals surface area contributed by atoms with Gasteiger partial charge in [-0.25, -0.2) is 0 Å². The molecule has 0 bridgehead atoms. The van der Waals surface area contributed by atoms with Crippen LogP contribution >= 0.6 is 11.3 Å². The van der Waals surface area contributed by atoms with Crippen LogP contribution in [0.3, 0.4) is 0 Å². The summed E-state index contributed by atoms with van der Waals surface area (Å²) in [6.07, 6.45) is 0.913. The molecule has 0 aliphatic rings. The molecular weight excluding hydrogens is 230 g/mol. The summed E-state index contributed by atoms with van der Waals surface area (Å²) in [6.45, 7) is 2.08. The van der Waals surface area contributed by atoms with Gasteiger partial charge in [-0.2, -0.15) is 0 Å². The Bertz CT molecular complexity index is 693. The number of hydrogen-bond donors (Lipinski definition) is 1. The van der Waals surface area contributed by atoms with E-state index >= 15 is 0 Å². The molecule has 3 rings (SSSR count). The Kier molecular flexibility index (Phi) is 2.34. The number of thiophene rings is 1. The summed E-state index contributed by atoms with van der Waals surface area (Å²) in [5.74, 6) is 0. The Balaban J connectivity index is 2.21. The summed E-state index contributed by atoms with van der Waals surface area (Å²) < 4.78 is 0. The molecule has 2 heterocycles. The van der Waals surface area contributed by atoms with E-state index in [1.807, 2.05) is 11.4 Å². The highest BCUT2D eigenvalue weighted by Gasteiger charge is 2.08. The normalized spacial score (nSPS) is 10.9. The second-order valence-electron chi connectivity index (χ2n) is 4.09. The largest absolute Gasteiger partial charge is 0.354 e. The lowest BCUT2D eigenvalue weighted by atomic mass is 10.1. The Hall–Kier alpha value is -1.87.